The summed E-state index contributed by atoms with van der Waals surface area (Å²) < 4.78 is 7.90. The number of nitrogens with zero attached hydrogens (tertiary/aromatic N) is 3. The molecule has 2 N–H and O–H groups in total. The van der Waals surface area contributed by atoms with Crippen LogP contribution < -0.4 is 10.6 Å². The maximum absolute atomic E-state index is 6.02. The normalized spacial score (nSPS) is 19.9. The molecule has 6 nitrogen and oxygen atoms in total. The standard InChI is InChI=1S/C25H31N5O/c1-3-26-25(27-18-22-13-16-31-24(22)20-9-5-4-6-10-20)29-19(2)21-11-7-12-23(17-21)30-15-8-14-28-30/h4-12,14-15,17,19,22,24H,3,13,16,18H2,1-2H3,(H2,26,27,29). The number of guanidine groups is 1. The number of ether oxygens (including phenoxy) is 1. The van der Waals surface area contributed by atoms with Crippen LogP contribution in [0.4, 0.5) is 0 Å². The predicted molar refractivity (Wildman–Crippen MR) is 124 cm³/mol. The van der Waals surface area contributed by atoms with Crippen molar-refractivity contribution >= 4 is 5.96 Å². The van der Waals surface area contributed by atoms with E-state index in [-0.39, 0.29) is 12.1 Å². The van der Waals surface area contributed by atoms with Crippen LogP contribution in [0.3, 0.4) is 0 Å². The van der Waals surface area contributed by atoms with Crippen molar-refractivity contribution in [3.63, 3.8) is 0 Å². The summed E-state index contributed by atoms with van der Waals surface area (Å²) in [5, 5.41) is 11.3. The Bertz CT molecular complexity index is 971. The third-order valence-corrected chi connectivity index (χ3v) is 5.66. The smallest absolute Gasteiger partial charge is 0.191 e. The molecule has 1 aliphatic rings. The molecule has 0 radical (unpaired) electrons. The Labute approximate surface area is 184 Å². The molecule has 6 heteroatoms. The Morgan fingerprint density at radius 3 is 2.84 bits per heavy atom. The van der Waals surface area contributed by atoms with Crippen LogP contribution in [-0.2, 0) is 4.74 Å². The molecule has 1 aromatic heterocycles. The molecular formula is C25H31N5O. The lowest BCUT2D eigenvalue weighted by Crippen LogP contribution is -2.39. The highest BCUT2D eigenvalue weighted by Crippen LogP contribution is 2.34. The number of rotatable bonds is 7. The summed E-state index contributed by atoms with van der Waals surface area (Å²) in [6, 6.07) is 20.9. The van der Waals surface area contributed by atoms with Gasteiger partial charge in [0.25, 0.3) is 0 Å². The van der Waals surface area contributed by atoms with Gasteiger partial charge in [-0.3, -0.25) is 4.99 Å². The lowest BCUT2D eigenvalue weighted by atomic mass is 9.95. The van der Waals surface area contributed by atoms with Crippen LogP contribution in [0.25, 0.3) is 5.69 Å². The number of nitrogens with one attached hydrogen (secondary N) is 2. The molecule has 1 saturated heterocycles. The molecule has 31 heavy (non-hydrogen) atoms. The first-order valence-corrected chi connectivity index (χ1v) is 11.1. The average Bonchev–Trinajstić information content (AvgIpc) is 3.50. The van der Waals surface area contributed by atoms with Gasteiger partial charge in [0.2, 0.25) is 0 Å². The van der Waals surface area contributed by atoms with Gasteiger partial charge in [-0.1, -0.05) is 42.5 Å². The summed E-state index contributed by atoms with van der Waals surface area (Å²) in [6.45, 7) is 6.58. The van der Waals surface area contributed by atoms with Gasteiger partial charge in [0.1, 0.15) is 0 Å². The highest BCUT2D eigenvalue weighted by atomic mass is 16.5. The highest BCUT2D eigenvalue weighted by Gasteiger charge is 2.29. The van der Waals surface area contributed by atoms with Crippen molar-refractivity contribution in [2.75, 3.05) is 19.7 Å². The van der Waals surface area contributed by atoms with Crippen LogP contribution >= 0.6 is 0 Å². The molecule has 0 spiro atoms. The van der Waals surface area contributed by atoms with Crippen molar-refractivity contribution in [1.29, 1.82) is 0 Å². The van der Waals surface area contributed by atoms with Gasteiger partial charge in [0, 0.05) is 38.0 Å². The molecule has 3 atom stereocenters. The van der Waals surface area contributed by atoms with Gasteiger partial charge in [-0.2, -0.15) is 5.10 Å². The number of hydrogen-bond donors (Lipinski definition) is 2. The summed E-state index contributed by atoms with van der Waals surface area (Å²) in [5.74, 6) is 1.22. The van der Waals surface area contributed by atoms with E-state index in [0.29, 0.717) is 5.92 Å². The van der Waals surface area contributed by atoms with Crippen molar-refractivity contribution in [1.82, 2.24) is 20.4 Å². The molecule has 2 aromatic carbocycles. The quantitative estimate of drug-likeness (QED) is 0.445. The summed E-state index contributed by atoms with van der Waals surface area (Å²) >= 11 is 0. The number of aliphatic imine (C=N–C) groups is 1. The maximum Gasteiger partial charge on any atom is 0.191 e. The van der Waals surface area contributed by atoms with E-state index in [2.05, 4.69) is 78.1 Å². The first-order valence-electron chi connectivity index (χ1n) is 11.1. The van der Waals surface area contributed by atoms with E-state index >= 15 is 0 Å². The molecule has 1 aliphatic heterocycles. The third-order valence-electron chi connectivity index (χ3n) is 5.66. The minimum Gasteiger partial charge on any atom is -0.373 e. The van der Waals surface area contributed by atoms with Gasteiger partial charge in [-0.05, 0) is 49.6 Å². The van der Waals surface area contributed by atoms with Crippen molar-refractivity contribution in [3.8, 4) is 5.69 Å². The van der Waals surface area contributed by atoms with Gasteiger partial charge >= 0.3 is 0 Å². The second kappa shape index (κ2) is 10.3. The maximum atomic E-state index is 6.02. The lowest BCUT2D eigenvalue weighted by Gasteiger charge is -2.21. The van der Waals surface area contributed by atoms with E-state index in [1.54, 1.807) is 6.20 Å². The molecule has 1 fully saturated rings. The van der Waals surface area contributed by atoms with Crippen LogP contribution in [-0.4, -0.2) is 35.4 Å². The zero-order valence-electron chi connectivity index (χ0n) is 18.2. The molecule has 0 amide bonds. The van der Waals surface area contributed by atoms with Gasteiger partial charge in [0.15, 0.2) is 5.96 Å². The van der Waals surface area contributed by atoms with Crippen LogP contribution in [0, 0.1) is 5.92 Å². The molecular weight excluding hydrogens is 386 g/mol. The minimum atomic E-state index is 0.109. The lowest BCUT2D eigenvalue weighted by molar-refractivity contribution is 0.0925. The fourth-order valence-electron chi connectivity index (χ4n) is 4.01. The third kappa shape index (κ3) is 5.33. The predicted octanol–water partition coefficient (Wildman–Crippen LogP) is 4.27. The van der Waals surface area contributed by atoms with Gasteiger partial charge in [-0.15, -0.1) is 0 Å². The van der Waals surface area contributed by atoms with Gasteiger partial charge in [-0.25, -0.2) is 4.68 Å². The number of hydrogen-bond acceptors (Lipinski definition) is 3. The molecule has 0 bridgehead atoms. The van der Waals surface area contributed by atoms with E-state index in [1.165, 1.54) is 11.1 Å². The van der Waals surface area contributed by atoms with Crippen molar-refractivity contribution in [2.24, 2.45) is 10.9 Å². The first-order chi connectivity index (χ1) is 15.2. The van der Waals surface area contributed by atoms with E-state index in [0.717, 1.165) is 37.8 Å². The Balaban J connectivity index is 1.44. The monoisotopic (exact) mass is 417 g/mol. The number of benzene rings is 2. The molecule has 0 aliphatic carbocycles. The van der Waals surface area contributed by atoms with Crippen LogP contribution in [0.2, 0.25) is 0 Å². The Morgan fingerprint density at radius 1 is 1.19 bits per heavy atom. The summed E-state index contributed by atoms with van der Waals surface area (Å²) in [4.78, 5) is 4.91. The van der Waals surface area contributed by atoms with E-state index in [9.17, 15) is 0 Å². The molecule has 3 unspecified atom stereocenters. The number of aromatic nitrogens is 2. The zero-order valence-corrected chi connectivity index (χ0v) is 18.2. The summed E-state index contributed by atoms with van der Waals surface area (Å²) in [6.07, 6.45) is 4.90. The van der Waals surface area contributed by atoms with Crippen LogP contribution in [0.15, 0.2) is 78.0 Å². The van der Waals surface area contributed by atoms with Crippen molar-refractivity contribution in [2.45, 2.75) is 32.4 Å². The van der Waals surface area contributed by atoms with Crippen LogP contribution in [0.1, 0.15) is 43.5 Å². The summed E-state index contributed by atoms with van der Waals surface area (Å²) in [5.41, 5.74) is 3.47. The van der Waals surface area contributed by atoms with Gasteiger partial charge < -0.3 is 15.4 Å². The SMILES string of the molecule is CCNC(=NCC1CCOC1c1ccccc1)NC(C)c1cccc(-n2cccn2)c1. The Morgan fingerprint density at radius 2 is 2.06 bits per heavy atom. The highest BCUT2D eigenvalue weighted by molar-refractivity contribution is 5.80. The van der Waals surface area contributed by atoms with Crippen molar-refractivity contribution in [3.05, 3.63) is 84.2 Å². The van der Waals surface area contributed by atoms with Crippen LogP contribution in [0.5, 0.6) is 0 Å². The van der Waals surface area contributed by atoms with E-state index in [4.69, 9.17) is 9.73 Å². The molecule has 3 aromatic rings. The largest absolute Gasteiger partial charge is 0.373 e. The topological polar surface area (TPSA) is 63.5 Å². The zero-order chi connectivity index (χ0) is 21.5. The van der Waals surface area contributed by atoms with E-state index in [1.807, 2.05) is 23.0 Å². The summed E-state index contributed by atoms with van der Waals surface area (Å²) in [7, 11) is 0. The Kier molecular flexibility index (Phi) is 6.99. The second-order valence-corrected chi connectivity index (χ2v) is 7.88. The fraction of sp³-hybridized carbons (Fsp3) is 0.360. The molecule has 0 saturated carbocycles. The minimum absolute atomic E-state index is 0.109. The fourth-order valence-corrected chi connectivity index (χ4v) is 4.01. The average molecular weight is 418 g/mol. The van der Waals surface area contributed by atoms with Crippen molar-refractivity contribution < 1.29 is 4.74 Å². The molecule has 2 heterocycles. The first kappa shape index (κ1) is 21.1. The van der Waals surface area contributed by atoms with E-state index < -0.39 is 0 Å². The Hall–Kier alpha value is -3.12. The second-order valence-electron chi connectivity index (χ2n) is 7.88. The van der Waals surface area contributed by atoms with Gasteiger partial charge in [0.05, 0.1) is 17.8 Å². The molecule has 4 rings (SSSR count). The molecule has 162 valence electrons.